The first-order chi connectivity index (χ1) is 12.1. The van der Waals surface area contributed by atoms with Crippen LogP contribution in [0.4, 0.5) is 0 Å². The molecule has 0 saturated heterocycles. The highest BCUT2D eigenvalue weighted by Gasteiger charge is 2.08. The molecule has 0 aliphatic heterocycles. The van der Waals surface area contributed by atoms with Gasteiger partial charge in [-0.2, -0.15) is 0 Å². The summed E-state index contributed by atoms with van der Waals surface area (Å²) in [5.74, 6) is 1.16. The summed E-state index contributed by atoms with van der Waals surface area (Å²) in [7, 11) is 3.18. The lowest BCUT2D eigenvalue weighted by molar-refractivity contribution is -0.117. The van der Waals surface area contributed by atoms with Gasteiger partial charge < -0.3 is 14.8 Å². The van der Waals surface area contributed by atoms with Crippen LogP contribution in [0.2, 0.25) is 0 Å². The van der Waals surface area contributed by atoms with Crippen LogP contribution in [0.1, 0.15) is 36.6 Å². The van der Waals surface area contributed by atoms with Gasteiger partial charge in [0.2, 0.25) is 5.91 Å². The predicted molar refractivity (Wildman–Crippen MR) is 101 cm³/mol. The number of aryl methyl sites for hydroxylation is 1. The molecule has 0 fully saturated rings. The van der Waals surface area contributed by atoms with E-state index >= 15 is 0 Å². The Morgan fingerprint density at radius 2 is 1.76 bits per heavy atom. The Hall–Kier alpha value is -2.75. The quantitative estimate of drug-likeness (QED) is 0.771. The van der Waals surface area contributed by atoms with Gasteiger partial charge in [-0.15, -0.1) is 0 Å². The van der Waals surface area contributed by atoms with E-state index in [0.29, 0.717) is 11.5 Å². The molecular weight excluding hydrogens is 314 g/mol. The second kappa shape index (κ2) is 8.92. The summed E-state index contributed by atoms with van der Waals surface area (Å²) in [6, 6.07) is 13.8. The molecule has 0 aliphatic carbocycles. The van der Waals surface area contributed by atoms with Crippen LogP contribution in [0.3, 0.4) is 0 Å². The van der Waals surface area contributed by atoms with Crippen LogP contribution >= 0.6 is 0 Å². The molecule has 0 radical (unpaired) electrons. The molecule has 1 N–H and O–H groups in total. The first-order valence-electron chi connectivity index (χ1n) is 8.36. The molecule has 0 aliphatic rings. The van der Waals surface area contributed by atoms with Gasteiger partial charge in [-0.05, 0) is 48.2 Å². The summed E-state index contributed by atoms with van der Waals surface area (Å²) < 4.78 is 10.5. The van der Waals surface area contributed by atoms with E-state index in [0.717, 1.165) is 17.5 Å². The predicted octanol–water partition coefficient (Wildman–Crippen LogP) is 4.16. The lowest BCUT2D eigenvalue weighted by atomic mass is 10.0. The topological polar surface area (TPSA) is 47.6 Å². The van der Waals surface area contributed by atoms with Crippen LogP contribution in [-0.4, -0.2) is 20.1 Å². The van der Waals surface area contributed by atoms with E-state index in [1.165, 1.54) is 11.6 Å². The third-order valence-electron chi connectivity index (χ3n) is 4.08. The number of rotatable bonds is 7. The Morgan fingerprint density at radius 1 is 1.08 bits per heavy atom. The van der Waals surface area contributed by atoms with E-state index < -0.39 is 0 Å². The first-order valence-corrected chi connectivity index (χ1v) is 8.36. The average molecular weight is 339 g/mol. The van der Waals surface area contributed by atoms with Crippen molar-refractivity contribution in [1.29, 1.82) is 0 Å². The van der Waals surface area contributed by atoms with Crippen LogP contribution in [-0.2, 0) is 11.2 Å². The summed E-state index contributed by atoms with van der Waals surface area (Å²) in [4.78, 5) is 12.1. The molecule has 0 heterocycles. The number of hydrogen-bond donors (Lipinski definition) is 1. The van der Waals surface area contributed by atoms with Crippen molar-refractivity contribution in [1.82, 2.24) is 5.32 Å². The van der Waals surface area contributed by atoms with Gasteiger partial charge in [0.1, 0.15) is 0 Å². The maximum atomic E-state index is 12.1. The molecule has 0 bridgehead atoms. The number of carbonyl (C=O) groups is 1. The van der Waals surface area contributed by atoms with E-state index in [-0.39, 0.29) is 11.9 Å². The molecule has 25 heavy (non-hydrogen) atoms. The lowest BCUT2D eigenvalue weighted by Crippen LogP contribution is -2.24. The minimum absolute atomic E-state index is 0.0477. The smallest absolute Gasteiger partial charge is 0.244 e. The Balaban J connectivity index is 1.99. The second-order valence-corrected chi connectivity index (χ2v) is 5.77. The van der Waals surface area contributed by atoms with Gasteiger partial charge in [0.15, 0.2) is 11.5 Å². The van der Waals surface area contributed by atoms with E-state index in [4.69, 9.17) is 9.47 Å². The van der Waals surface area contributed by atoms with Gasteiger partial charge in [-0.25, -0.2) is 0 Å². The van der Waals surface area contributed by atoms with Gasteiger partial charge in [-0.3, -0.25) is 4.79 Å². The van der Waals surface area contributed by atoms with Crippen molar-refractivity contribution in [3.8, 4) is 11.5 Å². The monoisotopic (exact) mass is 339 g/mol. The molecule has 4 nitrogen and oxygen atoms in total. The SMILES string of the molecule is CCc1ccc([C@H](C)NC(=O)/C=C/c2ccc(OC)c(OC)c2)cc1. The maximum absolute atomic E-state index is 12.1. The van der Waals surface area contributed by atoms with Crippen molar-refractivity contribution < 1.29 is 14.3 Å². The largest absolute Gasteiger partial charge is 0.493 e. The fourth-order valence-electron chi connectivity index (χ4n) is 2.52. The zero-order valence-corrected chi connectivity index (χ0v) is 15.2. The molecule has 0 aromatic heterocycles. The molecule has 2 aromatic carbocycles. The number of carbonyl (C=O) groups excluding carboxylic acids is 1. The minimum atomic E-state index is -0.137. The van der Waals surface area contributed by atoms with Crippen molar-refractivity contribution in [2.75, 3.05) is 14.2 Å². The summed E-state index contributed by atoms with van der Waals surface area (Å²) in [5.41, 5.74) is 3.24. The highest BCUT2D eigenvalue weighted by Crippen LogP contribution is 2.27. The highest BCUT2D eigenvalue weighted by molar-refractivity contribution is 5.92. The summed E-state index contributed by atoms with van der Waals surface area (Å²) in [5, 5.41) is 2.97. The lowest BCUT2D eigenvalue weighted by Gasteiger charge is -2.13. The fourth-order valence-corrected chi connectivity index (χ4v) is 2.52. The molecule has 132 valence electrons. The molecule has 0 spiro atoms. The molecule has 4 heteroatoms. The molecule has 0 unspecified atom stereocenters. The number of ether oxygens (including phenoxy) is 2. The van der Waals surface area contributed by atoms with Gasteiger partial charge in [0, 0.05) is 6.08 Å². The second-order valence-electron chi connectivity index (χ2n) is 5.77. The fraction of sp³-hybridized carbons (Fsp3) is 0.286. The zero-order valence-electron chi connectivity index (χ0n) is 15.2. The number of benzene rings is 2. The Labute approximate surface area is 149 Å². The van der Waals surface area contributed by atoms with Crippen molar-refractivity contribution in [2.24, 2.45) is 0 Å². The summed E-state index contributed by atoms with van der Waals surface area (Å²) >= 11 is 0. The maximum Gasteiger partial charge on any atom is 0.244 e. The van der Waals surface area contributed by atoms with Gasteiger partial charge in [-0.1, -0.05) is 37.3 Å². The minimum Gasteiger partial charge on any atom is -0.493 e. The number of methoxy groups -OCH3 is 2. The third-order valence-corrected chi connectivity index (χ3v) is 4.08. The molecule has 1 atom stereocenters. The molecule has 2 rings (SSSR count). The Kier molecular flexibility index (Phi) is 6.63. The number of nitrogens with one attached hydrogen (secondary N) is 1. The van der Waals surface area contributed by atoms with Crippen molar-refractivity contribution in [2.45, 2.75) is 26.3 Å². The van der Waals surface area contributed by atoms with Crippen LogP contribution in [0.15, 0.2) is 48.5 Å². The van der Waals surface area contributed by atoms with Crippen molar-refractivity contribution in [3.05, 3.63) is 65.2 Å². The zero-order chi connectivity index (χ0) is 18.2. The highest BCUT2D eigenvalue weighted by atomic mass is 16.5. The third kappa shape index (κ3) is 5.11. The standard InChI is InChI=1S/C21H25NO3/c1-5-16-6-10-18(11-7-16)15(2)22-21(23)13-9-17-8-12-19(24-3)20(14-17)25-4/h6-15H,5H2,1-4H3,(H,22,23)/b13-9+/t15-/m0/s1. The molecule has 1 amide bonds. The van der Waals surface area contributed by atoms with E-state index in [9.17, 15) is 4.79 Å². The van der Waals surface area contributed by atoms with Crippen LogP contribution in [0.25, 0.3) is 6.08 Å². The van der Waals surface area contributed by atoms with Crippen LogP contribution in [0.5, 0.6) is 11.5 Å². The Morgan fingerprint density at radius 3 is 2.36 bits per heavy atom. The van der Waals surface area contributed by atoms with Crippen LogP contribution in [0, 0.1) is 0 Å². The normalized spacial score (nSPS) is 12.0. The summed E-state index contributed by atoms with van der Waals surface area (Å²) in [6.45, 7) is 4.10. The summed E-state index contributed by atoms with van der Waals surface area (Å²) in [6.07, 6.45) is 4.29. The van der Waals surface area contributed by atoms with E-state index in [1.54, 1.807) is 20.3 Å². The Bertz CT molecular complexity index is 735. The molecule has 0 saturated carbocycles. The number of amides is 1. The van der Waals surface area contributed by atoms with Crippen molar-refractivity contribution >= 4 is 12.0 Å². The van der Waals surface area contributed by atoms with Gasteiger partial charge in [0.25, 0.3) is 0 Å². The number of hydrogen-bond acceptors (Lipinski definition) is 3. The van der Waals surface area contributed by atoms with Crippen LogP contribution < -0.4 is 14.8 Å². The first kappa shape index (κ1) is 18.6. The molecule has 2 aromatic rings. The van der Waals surface area contributed by atoms with E-state index in [1.807, 2.05) is 25.1 Å². The van der Waals surface area contributed by atoms with Gasteiger partial charge in [0.05, 0.1) is 20.3 Å². The van der Waals surface area contributed by atoms with Crippen molar-refractivity contribution in [3.63, 3.8) is 0 Å². The molecular formula is C21H25NO3. The van der Waals surface area contributed by atoms with E-state index in [2.05, 4.69) is 36.5 Å². The average Bonchev–Trinajstić information content (AvgIpc) is 2.66. The van der Waals surface area contributed by atoms with Gasteiger partial charge >= 0.3 is 0 Å².